The largest absolute Gasteiger partial charge is 0.508 e. The average Bonchev–Trinajstić information content (AvgIpc) is 2.40. The summed E-state index contributed by atoms with van der Waals surface area (Å²) in [5.41, 5.74) is 6.75. The Morgan fingerprint density at radius 2 is 1.89 bits per heavy atom. The lowest BCUT2D eigenvalue weighted by Crippen LogP contribution is -2.14. The molecule has 0 radical (unpaired) electrons. The van der Waals surface area contributed by atoms with Gasteiger partial charge in [-0.25, -0.2) is 0 Å². The van der Waals surface area contributed by atoms with Gasteiger partial charge in [0.05, 0.1) is 5.56 Å². The summed E-state index contributed by atoms with van der Waals surface area (Å²) in [6.07, 6.45) is 0. The van der Waals surface area contributed by atoms with Crippen LogP contribution in [-0.4, -0.2) is 16.1 Å². The minimum Gasteiger partial charge on any atom is -0.508 e. The monoisotopic (exact) mass is 258 g/mol. The predicted octanol–water partition coefficient (Wildman–Crippen LogP) is 1.81. The second-order valence-corrected chi connectivity index (χ2v) is 4.08. The number of phenols is 2. The number of phenolic OH excluding ortho intramolecular Hbond substituents is 2. The quantitative estimate of drug-likeness (QED) is 0.629. The number of primary amides is 1. The van der Waals surface area contributed by atoms with Gasteiger partial charge in [-0.15, -0.1) is 0 Å². The minimum absolute atomic E-state index is 0.0674. The van der Waals surface area contributed by atoms with E-state index in [1.165, 1.54) is 18.2 Å². The number of amides is 1. The summed E-state index contributed by atoms with van der Waals surface area (Å²) in [5, 5.41) is 22.0. The number of carbonyl (C=O) groups excluding carboxylic acids is 1. The second-order valence-electron chi connectivity index (χ2n) is 4.08. The number of nitrogens with one attached hydrogen (secondary N) is 1. The van der Waals surface area contributed by atoms with Crippen LogP contribution in [0.5, 0.6) is 11.5 Å². The molecule has 2 rings (SSSR count). The molecule has 0 aromatic heterocycles. The molecule has 0 aliphatic heterocycles. The Morgan fingerprint density at radius 1 is 1.16 bits per heavy atom. The maximum atomic E-state index is 11.2. The first-order chi connectivity index (χ1) is 9.08. The highest BCUT2D eigenvalue weighted by Gasteiger charge is 2.08. The maximum absolute atomic E-state index is 11.2. The molecule has 2 aromatic carbocycles. The fourth-order valence-electron chi connectivity index (χ4n) is 1.76. The smallest absolute Gasteiger partial charge is 0.250 e. The first-order valence-electron chi connectivity index (χ1n) is 5.71. The Morgan fingerprint density at radius 3 is 2.63 bits per heavy atom. The Hall–Kier alpha value is -2.69. The van der Waals surface area contributed by atoms with Crippen molar-refractivity contribution in [2.24, 2.45) is 5.73 Å². The number of rotatable bonds is 4. The molecule has 1 amide bonds. The molecule has 5 N–H and O–H groups in total. The van der Waals surface area contributed by atoms with E-state index in [1.807, 2.05) is 0 Å². The van der Waals surface area contributed by atoms with Crippen LogP contribution in [0.3, 0.4) is 0 Å². The molecule has 0 aliphatic rings. The van der Waals surface area contributed by atoms with Gasteiger partial charge in [-0.05, 0) is 30.3 Å². The van der Waals surface area contributed by atoms with Crippen LogP contribution in [-0.2, 0) is 6.54 Å². The van der Waals surface area contributed by atoms with E-state index in [2.05, 4.69) is 5.32 Å². The first kappa shape index (κ1) is 12.8. The number of hydrogen-bond acceptors (Lipinski definition) is 4. The molecular formula is C14H14N2O3. The van der Waals surface area contributed by atoms with Crippen molar-refractivity contribution in [2.45, 2.75) is 6.54 Å². The summed E-state index contributed by atoms with van der Waals surface area (Å²) in [4.78, 5) is 11.2. The minimum atomic E-state index is -0.525. The highest BCUT2D eigenvalue weighted by molar-refractivity contribution is 5.98. The van der Waals surface area contributed by atoms with E-state index >= 15 is 0 Å². The molecule has 2 aromatic rings. The third kappa shape index (κ3) is 2.95. The van der Waals surface area contributed by atoms with Gasteiger partial charge in [0.25, 0.3) is 5.91 Å². The van der Waals surface area contributed by atoms with Crippen LogP contribution in [0.2, 0.25) is 0 Å². The number of para-hydroxylation sites is 1. The van der Waals surface area contributed by atoms with Crippen LogP contribution in [0.1, 0.15) is 15.9 Å². The van der Waals surface area contributed by atoms with Gasteiger partial charge in [-0.2, -0.15) is 0 Å². The lowest BCUT2D eigenvalue weighted by Gasteiger charge is -2.11. The molecular weight excluding hydrogens is 244 g/mol. The molecule has 0 atom stereocenters. The van der Waals surface area contributed by atoms with Crippen molar-refractivity contribution in [1.82, 2.24) is 0 Å². The zero-order chi connectivity index (χ0) is 13.8. The first-order valence-corrected chi connectivity index (χ1v) is 5.71. The van der Waals surface area contributed by atoms with Crippen molar-refractivity contribution in [2.75, 3.05) is 5.32 Å². The summed E-state index contributed by atoms with van der Waals surface area (Å²) in [6.45, 7) is 0.268. The highest BCUT2D eigenvalue weighted by atomic mass is 16.3. The van der Waals surface area contributed by atoms with Crippen molar-refractivity contribution in [1.29, 1.82) is 0 Å². The lowest BCUT2D eigenvalue weighted by molar-refractivity contribution is 0.100. The number of carbonyl (C=O) groups is 1. The van der Waals surface area contributed by atoms with Crippen molar-refractivity contribution in [3.05, 3.63) is 53.6 Å². The molecule has 0 fully saturated rings. The molecule has 5 heteroatoms. The fraction of sp³-hybridized carbons (Fsp3) is 0.0714. The molecule has 0 saturated carbocycles. The van der Waals surface area contributed by atoms with Gasteiger partial charge in [0, 0.05) is 17.8 Å². The van der Waals surface area contributed by atoms with Gasteiger partial charge in [0.1, 0.15) is 11.5 Å². The van der Waals surface area contributed by atoms with Crippen molar-refractivity contribution < 1.29 is 15.0 Å². The lowest BCUT2D eigenvalue weighted by atomic mass is 10.1. The molecule has 0 aliphatic carbocycles. The average molecular weight is 258 g/mol. The van der Waals surface area contributed by atoms with Gasteiger partial charge >= 0.3 is 0 Å². The summed E-state index contributed by atoms with van der Waals surface area (Å²) in [5.74, 6) is -0.386. The van der Waals surface area contributed by atoms with Gasteiger partial charge in [0.2, 0.25) is 0 Å². The van der Waals surface area contributed by atoms with Crippen LogP contribution in [0.4, 0.5) is 5.69 Å². The van der Waals surface area contributed by atoms with Gasteiger partial charge in [-0.1, -0.05) is 12.1 Å². The number of hydrogen-bond donors (Lipinski definition) is 4. The van der Waals surface area contributed by atoms with Gasteiger partial charge < -0.3 is 21.3 Å². The third-order valence-corrected chi connectivity index (χ3v) is 2.72. The van der Waals surface area contributed by atoms with Gasteiger partial charge in [0.15, 0.2) is 0 Å². The molecule has 0 heterocycles. The standard InChI is InChI=1S/C14H14N2O3/c15-14(19)11-3-1-2-4-12(11)16-8-9-7-10(17)5-6-13(9)18/h1-7,16-18H,8H2,(H2,15,19). The fourth-order valence-corrected chi connectivity index (χ4v) is 1.76. The summed E-state index contributed by atoms with van der Waals surface area (Å²) >= 11 is 0. The van der Waals surface area contributed by atoms with Crippen LogP contribution >= 0.6 is 0 Å². The van der Waals surface area contributed by atoms with E-state index in [0.717, 1.165) is 0 Å². The molecule has 0 saturated heterocycles. The van der Waals surface area contributed by atoms with Crippen molar-refractivity contribution >= 4 is 11.6 Å². The molecule has 19 heavy (non-hydrogen) atoms. The summed E-state index contributed by atoms with van der Waals surface area (Å²) < 4.78 is 0. The zero-order valence-corrected chi connectivity index (χ0v) is 10.1. The Kier molecular flexibility index (Phi) is 3.56. The zero-order valence-electron chi connectivity index (χ0n) is 10.1. The van der Waals surface area contributed by atoms with E-state index in [9.17, 15) is 15.0 Å². The van der Waals surface area contributed by atoms with Crippen LogP contribution < -0.4 is 11.1 Å². The van der Waals surface area contributed by atoms with E-state index < -0.39 is 5.91 Å². The van der Waals surface area contributed by atoms with Crippen LogP contribution in [0, 0.1) is 0 Å². The molecule has 0 unspecified atom stereocenters. The van der Waals surface area contributed by atoms with Crippen LogP contribution in [0.15, 0.2) is 42.5 Å². The SMILES string of the molecule is NC(=O)c1ccccc1NCc1cc(O)ccc1O. The molecule has 0 bridgehead atoms. The maximum Gasteiger partial charge on any atom is 0.250 e. The predicted molar refractivity (Wildman–Crippen MR) is 72.1 cm³/mol. The Bertz CT molecular complexity index is 611. The van der Waals surface area contributed by atoms with Gasteiger partial charge in [-0.3, -0.25) is 4.79 Å². The molecule has 98 valence electrons. The van der Waals surface area contributed by atoms with E-state index in [4.69, 9.17) is 5.73 Å². The number of benzene rings is 2. The van der Waals surface area contributed by atoms with Crippen molar-refractivity contribution in [3.8, 4) is 11.5 Å². The van der Waals surface area contributed by atoms with E-state index in [-0.39, 0.29) is 18.0 Å². The van der Waals surface area contributed by atoms with Crippen LogP contribution in [0.25, 0.3) is 0 Å². The third-order valence-electron chi connectivity index (χ3n) is 2.72. The normalized spacial score (nSPS) is 10.1. The van der Waals surface area contributed by atoms with E-state index in [1.54, 1.807) is 24.3 Å². The molecule has 5 nitrogen and oxygen atoms in total. The number of anilines is 1. The Balaban J connectivity index is 2.19. The molecule has 0 spiro atoms. The number of aromatic hydroxyl groups is 2. The van der Waals surface area contributed by atoms with Crippen molar-refractivity contribution in [3.63, 3.8) is 0 Å². The topological polar surface area (TPSA) is 95.6 Å². The summed E-state index contributed by atoms with van der Waals surface area (Å²) in [6, 6.07) is 11.1. The summed E-state index contributed by atoms with van der Waals surface area (Å²) in [7, 11) is 0. The van der Waals surface area contributed by atoms with E-state index in [0.29, 0.717) is 16.8 Å². The Labute approximate surface area is 110 Å². The second kappa shape index (κ2) is 5.30. The highest BCUT2D eigenvalue weighted by Crippen LogP contribution is 2.23. The number of nitrogens with two attached hydrogens (primary N) is 1.